The molecule has 0 unspecified atom stereocenters. The monoisotopic (exact) mass is 270 g/mol. The fourth-order valence-electron chi connectivity index (χ4n) is 3.11. The number of fused-ring (bicyclic) bond motifs is 1. The highest BCUT2D eigenvalue weighted by Crippen LogP contribution is 2.25. The van der Waals surface area contributed by atoms with Crippen molar-refractivity contribution in [1.82, 2.24) is 9.88 Å². The summed E-state index contributed by atoms with van der Waals surface area (Å²) in [7, 11) is 0. The summed E-state index contributed by atoms with van der Waals surface area (Å²) in [5.74, 6) is 0.179. The van der Waals surface area contributed by atoms with Crippen molar-refractivity contribution in [1.29, 1.82) is 0 Å². The molecule has 1 aliphatic rings. The first-order chi connectivity index (χ1) is 9.68. The van der Waals surface area contributed by atoms with E-state index < -0.39 is 0 Å². The smallest absolute Gasteiger partial charge is 0.255 e. The second-order valence-corrected chi connectivity index (χ2v) is 5.81. The number of amides is 1. The molecule has 1 aromatic heterocycles. The van der Waals surface area contributed by atoms with Crippen molar-refractivity contribution in [2.45, 2.75) is 39.5 Å². The van der Waals surface area contributed by atoms with Crippen LogP contribution in [0, 0.1) is 13.8 Å². The van der Waals surface area contributed by atoms with Crippen LogP contribution in [0.3, 0.4) is 0 Å². The van der Waals surface area contributed by atoms with Crippen LogP contribution in [0.25, 0.3) is 10.9 Å². The van der Waals surface area contributed by atoms with Gasteiger partial charge in [-0.1, -0.05) is 25.0 Å². The summed E-state index contributed by atoms with van der Waals surface area (Å²) in [5.41, 5.74) is 4.21. The highest BCUT2D eigenvalue weighted by atomic mass is 16.2. The Morgan fingerprint density at radius 3 is 2.50 bits per heavy atom. The van der Waals surface area contributed by atoms with Crippen LogP contribution in [0.2, 0.25) is 0 Å². The summed E-state index contributed by atoms with van der Waals surface area (Å²) in [5, 5.41) is 1.17. The number of hydrogen-bond donors (Lipinski definition) is 1. The van der Waals surface area contributed by atoms with Crippen LogP contribution >= 0.6 is 0 Å². The summed E-state index contributed by atoms with van der Waals surface area (Å²) in [6.45, 7) is 5.96. The van der Waals surface area contributed by atoms with Gasteiger partial charge in [0.05, 0.1) is 11.1 Å². The lowest BCUT2D eigenvalue weighted by Crippen LogP contribution is -2.31. The zero-order valence-corrected chi connectivity index (χ0v) is 12.3. The molecule has 106 valence electrons. The fourth-order valence-corrected chi connectivity index (χ4v) is 3.11. The van der Waals surface area contributed by atoms with E-state index in [1.54, 1.807) is 0 Å². The number of H-pyrrole nitrogens is 1. The number of aromatic nitrogens is 1. The quantitative estimate of drug-likeness (QED) is 0.840. The first-order valence-electron chi connectivity index (χ1n) is 7.55. The van der Waals surface area contributed by atoms with Crippen LogP contribution in [0.1, 0.15) is 47.3 Å². The molecule has 1 amide bonds. The summed E-state index contributed by atoms with van der Waals surface area (Å²) in [6.07, 6.45) is 4.75. The lowest BCUT2D eigenvalue weighted by Gasteiger charge is -2.20. The first-order valence-corrected chi connectivity index (χ1v) is 7.55. The Morgan fingerprint density at radius 2 is 1.80 bits per heavy atom. The van der Waals surface area contributed by atoms with E-state index in [0.717, 1.165) is 42.7 Å². The van der Waals surface area contributed by atoms with Gasteiger partial charge in [0.1, 0.15) is 0 Å². The molecule has 2 heterocycles. The highest BCUT2D eigenvalue weighted by molar-refractivity contribution is 6.06. The van der Waals surface area contributed by atoms with E-state index >= 15 is 0 Å². The van der Waals surface area contributed by atoms with Gasteiger partial charge in [0.2, 0.25) is 0 Å². The van der Waals surface area contributed by atoms with Crippen LogP contribution in [-0.2, 0) is 0 Å². The Hall–Kier alpha value is -1.77. The van der Waals surface area contributed by atoms with Crippen LogP contribution in [0.4, 0.5) is 0 Å². The molecule has 2 aromatic rings. The maximum Gasteiger partial charge on any atom is 0.255 e. The van der Waals surface area contributed by atoms with Crippen molar-refractivity contribution >= 4 is 16.8 Å². The molecule has 1 fully saturated rings. The fraction of sp³-hybridized carbons (Fsp3) is 0.471. The third-order valence-corrected chi connectivity index (χ3v) is 4.47. The molecule has 3 rings (SSSR count). The molecule has 1 N–H and O–H groups in total. The van der Waals surface area contributed by atoms with Gasteiger partial charge in [-0.15, -0.1) is 0 Å². The maximum atomic E-state index is 12.8. The van der Waals surface area contributed by atoms with Crippen LogP contribution in [-0.4, -0.2) is 28.9 Å². The molecule has 20 heavy (non-hydrogen) atoms. The minimum Gasteiger partial charge on any atom is -0.358 e. The largest absolute Gasteiger partial charge is 0.358 e. The SMILES string of the molecule is Cc1[nH]c2c(C(=O)N3CCCCCC3)cccc2c1C. The number of benzene rings is 1. The van der Waals surface area contributed by atoms with E-state index in [1.807, 2.05) is 17.0 Å². The molecule has 3 heteroatoms. The Labute approximate surface area is 120 Å². The Balaban J connectivity index is 2.00. The molecular weight excluding hydrogens is 248 g/mol. The molecule has 0 saturated carbocycles. The van der Waals surface area contributed by atoms with E-state index in [4.69, 9.17) is 0 Å². The molecule has 3 nitrogen and oxygen atoms in total. The van der Waals surface area contributed by atoms with E-state index in [2.05, 4.69) is 24.9 Å². The summed E-state index contributed by atoms with van der Waals surface area (Å²) in [4.78, 5) is 18.2. The molecule has 0 atom stereocenters. The number of para-hydroxylation sites is 1. The summed E-state index contributed by atoms with van der Waals surface area (Å²) < 4.78 is 0. The van der Waals surface area contributed by atoms with Crippen LogP contribution < -0.4 is 0 Å². The van der Waals surface area contributed by atoms with Gasteiger partial charge in [-0.05, 0) is 38.3 Å². The summed E-state index contributed by atoms with van der Waals surface area (Å²) >= 11 is 0. The standard InChI is InChI=1S/C17H22N2O/c1-12-13(2)18-16-14(12)8-7-9-15(16)17(20)19-10-5-3-4-6-11-19/h7-9,18H,3-6,10-11H2,1-2H3. The zero-order valence-electron chi connectivity index (χ0n) is 12.3. The molecule has 0 bridgehead atoms. The molecule has 1 aliphatic heterocycles. The van der Waals surface area contributed by atoms with Crippen molar-refractivity contribution in [2.75, 3.05) is 13.1 Å². The van der Waals surface area contributed by atoms with Gasteiger partial charge >= 0.3 is 0 Å². The van der Waals surface area contributed by atoms with Crippen LogP contribution in [0.5, 0.6) is 0 Å². The van der Waals surface area contributed by atoms with Crippen molar-refractivity contribution in [3.05, 3.63) is 35.0 Å². The predicted octanol–water partition coefficient (Wildman–Crippen LogP) is 3.80. The average molecular weight is 270 g/mol. The maximum absolute atomic E-state index is 12.8. The lowest BCUT2D eigenvalue weighted by molar-refractivity contribution is 0.0763. The molecular formula is C17H22N2O. The average Bonchev–Trinajstić information content (AvgIpc) is 2.67. The van der Waals surface area contributed by atoms with Crippen molar-refractivity contribution < 1.29 is 4.79 Å². The van der Waals surface area contributed by atoms with Crippen molar-refractivity contribution in [2.24, 2.45) is 0 Å². The summed E-state index contributed by atoms with van der Waals surface area (Å²) in [6, 6.07) is 6.03. The van der Waals surface area contributed by atoms with Crippen LogP contribution in [0.15, 0.2) is 18.2 Å². The van der Waals surface area contributed by atoms with Crippen molar-refractivity contribution in [3.8, 4) is 0 Å². The molecule has 0 aliphatic carbocycles. The van der Waals surface area contributed by atoms with Gasteiger partial charge in [0.15, 0.2) is 0 Å². The van der Waals surface area contributed by atoms with E-state index in [9.17, 15) is 4.79 Å². The van der Waals surface area contributed by atoms with E-state index in [1.165, 1.54) is 23.8 Å². The topological polar surface area (TPSA) is 36.1 Å². The van der Waals surface area contributed by atoms with Gasteiger partial charge in [0, 0.05) is 24.2 Å². The Kier molecular flexibility index (Phi) is 3.51. The number of rotatable bonds is 1. The normalized spacial score (nSPS) is 16.4. The van der Waals surface area contributed by atoms with E-state index in [0.29, 0.717) is 0 Å². The highest BCUT2D eigenvalue weighted by Gasteiger charge is 2.20. The number of carbonyl (C=O) groups is 1. The third kappa shape index (κ3) is 2.21. The number of nitrogens with one attached hydrogen (secondary N) is 1. The molecule has 0 spiro atoms. The predicted molar refractivity (Wildman–Crippen MR) is 82.1 cm³/mol. The lowest BCUT2D eigenvalue weighted by atomic mass is 10.1. The van der Waals surface area contributed by atoms with Gasteiger partial charge in [-0.2, -0.15) is 0 Å². The zero-order chi connectivity index (χ0) is 14.1. The minimum absolute atomic E-state index is 0.179. The Morgan fingerprint density at radius 1 is 1.10 bits per heavy atom. The number of aromatic amines is 1. The number of nitrogens with zero attached hydrogens (tertiary/aromatic N) is 1. The third-order valence-electron chi connectivity index (χ3n) is 4.47. The Bertz CT molecular complexity index is 634. The molecule has 1 saturated heterocycles. The number of likely N-dealkylation sites (tertiary alicyclic amines) is 1. The number of hydrogen-bond acceptors (Lipinski definition) is 1. The van der Waals surface area contributed by atoms with Gasteiger partial charge in [-0.3, -0.25) is 4.79 Å². The van der Waals surface area contributed by atoms with Gasteiger partial charge in [0.25, 0.3) is 5.91 Å². The number of carbonyl (C=O) groups excluding carboxylic acids is 1. The second kappa shape index (κ2) is 5.31. The minimum atomic E-state index is 0.179. The van der Waals surface area contributed by atoms with Gasteiger partial charge in [-0.25, -0.2) is 0 Å². The number of aryl methyl sites for hydroxylation is 2. The molecule has 0 radical (unpaired) electrons. The molecule has 1 aromatic carbocycles. The van der Waals surface area contributed by atoms with E-state index in [-0.39, 0.29) is 5.91 Å². The van der Waals surface area contributed by atoms with Crippen molar-refractivity contribution in [3.63, 3.8) is 0 Å². The second-order valence-electron chi connectivity index (χ2n) is 5.81. The first kappa shape index (κ1) is 13.2. The van der Waals surface area contributed by atoms with Gasteiger partial charge < -0.3 is 9.88 Å².